The molecule has 3 heterocycles. The van der Waals surface area contributed by atoms with Gasteiger partial charge in [0, 0.05) is 36.5 Å². The standard InChI is InChI=1S/C21H27N5O2/c1-11(18-13(3)23-24-14(18)4)8-16(27)10-28-17-9-12(2)19-20(15-6-7-15)25-26(5)21(19)22-17/h9,11,15H,6-8,10H2,1-5H3,(H,23,24). The average Bonchev–Trinajstić information content (AvgIpc) is 3.35. The lowest BCUT2D eigenvalue weighted by Crippen LogP contribution is -2.15. The predicted octanol–water partition coefficient (Wildman–Crippen LogP) is 3.64. The van der Waals surface area contributed by atoms with Gasteiger partial charge in [-0.1, -0.05) is 6.92 Å². The molecule has 1 N–H and O–H groups in total. The number of H-pyrrole nitrogens is 1. The van der Waals surface area contributed by atoms with Crippen molar-refractivity contribution >= 4 is 16.8 Å². The molecule has 0 aromatic carbocycles. The molecule has 7 heteroatoms. The number of Topliss-reactive ketones (excluding diaryl/α,β-unsaturated/α-hetero) is 1. The summed E-state index contributed by atoms with van der Waals surface area (Å²) in [5.74, 6) is 1.20. The predicted molar refractivity (Wildman–Crippen MR) is 107 cm³/mol. The molecule has 0 spiro atoms. The first-order valence-corrected chi connectivity index (χ1v) is 9.85. The molecule has 1 aliphatic rings. The van der Waals surface area contributed by atoms with Gasteiger partial charge in [-0.2, -0.15) is 15.2 Å². The van der Waals surface area contributed by atoms with E-state index in [2.05, 4.69) is 27.2 Å². The van der Waals surface area contributed by atoms with Crippen molar-refractivity contribution in [2.75, 3.05) is 6.61 Å². The van der Waals surface area contributed by atoms with E-state index >= 15 is 0 Å². The van der Waals surface area contributed by atoms with Crippen LogP contribution >= 0.6 is 0 Å². The van der Waals surface area contributed by atoms with E-state index in [0.717, 1.165) is 39.2 Å². The molecule has 0 aliphatic heterocycles. The van der Waals surface area contributed by atoms with Crippen LogP contribution in [-0.2, 0) is 11.8 Å². The summed E-state index contributed by atoms with van der Waals surface area (Å²) in [7, 11) is 1.91. The fourth-order valence-corrected chi connectivity index (χ4v) is 4.10. The molecule has 1 atom stereocenters. The SMILES string of the molecule is Cc1n[nH]c(C)c1C(C)CC(=O)COc1cc(C)c2c(C3CC3)nn(C)c2n1. The Morgan fingerprint density at radius 3 is 2.75 bits per heavy atom. The van der Waals surface area contributed by atoms with E-state index in [1.165, 1.54) is 12.8 Å². The van der Waals surface area contributed by atoms with Crippen molar-refractivity contribution in [2.45, 2.75) is 58.8 Å². The van der Waals surface area contributed by atoms with Crippen LogP contribution in [0.5, 0.6) is 5.88 Å². The Morgan fingerprint density at radius 1 is 1.36 bits per heavy atom. The third kappa shape index (κ3) is 3.41. The molecule has 0 radical (unpaired) electrons. The molecular weight excluding hydrogens is 354 g/mol. The molecule has 7 nitrogen and oxygen atoms in total. The Balaban J connectivity index is 1.45. The second-order valence-electron chi connectivity index (χ2n) is 8.04. The molecule has 28 heavy (non-hydrogen) atoms. The summed E-state index contributed by atoms with van der Waals surface area (Å²) in [4.78, 5) is 17.1. The summed E-state index contributed by atoms with van der Waals surface area (Å²) in [6, 6.07) is 1.91. The van der Waals surface area contributed by atoms with E-state index in [9.17, 15) is 4.79 Å². The molecule has 3 aromatic rings. The number of pyridine rings is 1. The van der Waals surface area contributed by atoms with Gasteiger partial charge in [0.05, 0.1) is 11.4 Å². The molecule has 148 valence electrons. The summed E-state index contributed by atoms with van der Waals surface area (Å²) >= 11 is 0. The van der Waals surface area contributed by atoms with Gasteiger partial charge in [0.25, 0.3) is 0 Å². The number of ketones is 1. The molecule has 1 fully saturated rings. The van der Waals surface area contributed by atoms with Gasteiger partial charge in [0.15, 0.2) is 11.4 Å². The van der Waals surface area contributed by atoms with Crippen molar-refractivity contribution in [1.29, 1.82) is 0 Å². The Bertz CT molecular complexity index is 1030. The van der Waals surface area contributed by atoms with Gasteiger partial charge in [-0.25, -0.2) is 0 Å². The van der Waals surface area contributed by atoms with Crippen molar-refractivity contribution < 1.29 is 9.53 Å². The number of hydrogen-bond acceptors (Lipinski definition) is 5. The van der Waals surface area contributed by atoms with Gasteiger partial charge in [-0.05, 0) is 50.7 Å². The first kappa shape index (κ1) is 18.7. The van der Waals surface area contributed by atoms with Gasteiger partial charge in [-0.15, -0.1) is 0 Å². The van der Waals surface area contributed by atoms with E-state index in [1.54, 1.807) is 0 Å². The van der Waals surface area contributed by atoms with Crippen molar-refractivity contribution in [3.8, 4) is 5.88 Å². The zero-order valence-electron chi connectivity index (χ0n) is 17.2. The highest BCUT2D eigenvalue weighted by atomic mass is 16.5. The number of aryl methyl sites for hydroxylation is 4. The lowest BCUT2D eigenvalue weighted by atomic mass is 9.94. The number of nitrogens with zero attached hydrogens (tertiary/aromatic N) is 4. The molecule has 3 aromatic heterocycles. The maximum atomic E-state index is 12.5. The second kappa shape index (κ2) is 7.04. The minimum atomic E-state index is 0.0194. The van der Waals surface area contributed by atoms with Gasteiger partial charge in [0.2, 0.25) is 5.88 Å². The number of fused-ring (bicyclic) bond motifs is 1. The van der Waals surface area contributed by atoms with Crippen LogP contribution < -0.4 is 4.74 Å². The third-order valence-corrected chi connectivity index (χ3v) is 5.55. The summed E-state index contributed by atoms with van der Waals surface area (Å²) in [6.07, 6.45) is 2.82. The number of aromatic nitrogens is 5. The Labute approximate surface area is 164 Å². The average molecular weight is 381 g/mol. The Hall–Kier alpha value is -2.70. The number of nitrogens with one attached hydrogen (secondary N) is 1. The number of carbonyl (C=O) groups excluding carboxylic acids is 1. The highest BCUT2D eigenvalue weighted by Crippen LogP contribution is 2.43. The summed E-state index contributed by atoms with van der Waals surface area (Å²) < 4.78 is 7.57. The molecule has 1 aliphatic carbocycles. The minimum absolute atomic E-state index is 0.0194. The van der Waals surface area contributed by atoms with E-state index < -0.39 is 0 Å². The van der Waals surface area contributed by atoms with E-state index in [1.807, 2.05) is 38.6 Å². The number of carbonyl (C=O) groups is 1. The van der Waals surface area contributed by atoms with Crippen molar-refractivity contribution in [2.24, 2.45) is 7.05 Å². The van der Waals surface area contributed by atoms with Gasteiger partial charge >= 0.3 is 0 Å². The number of ether oxygens (including phenoxy) is 1. The number of aromatic amines is 1. The van der Waals surface area contributed by atoms with Gasteiger partial charge in [0.1, 0.15) is 6.61 Å². The van der Waals surface area contributed by atoms with E-state index in [-0.39, 0.29) is 18.3 Å². The van der Waals surface area contributed by atoms with Crippen molar-refractivity contribution in [3.63, 3.8) is 0 Å². The Morgan fingerprint density at radius 2 is 2.11 bits per heavy atom. The summed E-state index contributed by atoms with van der Waals surface area (Å²) in [5.41, 5.74) is 6.15. The Kier molecular flexibility index (Phi) is 4.69. The van der Waals surface area contributed by atoms with Crippen molar-refractivity contribution in [3.05, 3.63) is 34.3 Å². The smallest absolute Gasteiger partial charge is 0.215 e. The summed E-state index contributed by atoms with van der Waals surface area (Å²) in [6.45, 7) is 8.07. The molecular formula is C21H27N5O2. The maximum absolute atomic E-state index is 12.5. The maximum Gasteiger partial charge on any atom is 0.215 e. The van der Waals surface area contributed by atoms with Crippen LogP contribution in [0.15, 0.2) is 6.07 Å². The fourth-order valence-electron chi connectivity index (χ4n) is 4.10. The largest absolute Gasteiger partial charge is 0.470 e. The third-order valence-electron chi connectivity index (χ3n) is 5.55. The zero-order valence-corrected chi connectivity index (χ0v) is 17.2. The van der Waals surface area contributed by atoms with Gasteiger partial charge < -0.3 is 4.74 Å². The van der Waals surface area contributed by atoms with Crippen LogP contribution in [0.3, 0.4) is 0 Å². The van der Waals surface area contributed by atoms with Crippen molar-refractivity contribution in [1.82, 2.24) is 25.0 Å². The monoisotopic (exact) mass is 381 g/mol. The number of hydrogen-bond donors (Lipinski definition) is 1. The highest BCUT2D eigenvalue weighted by Gasteiger charge is 2.30. The zero-order chi connectivity index (χ0) is 20.0. The van der Waals surface area contributed by atoms with Crippen LogP contribution in [0, 0.1) is 20.8 Å². The van der Waals surface area contributed by atoms with Crippen LogP contribution in [0.2, 0.25) is 0 Å². The fraction of sp³-hybridized carbons (Fsp3) is 0.524. The topological polar surface area (TPSA) is 85.7 Å². The molecule has 0 bridgehead atoms. The first-order chi connectivity index (χ1) is 13.3. The molecule has 4 rings (SSSR count). The van der Waals surface area contributed by atoms with Crippen LogP contribution in [0.1, 0.15) is 66.2 Å². The number of rotatable bonds is 7. The lowest BCUT2D eigenvalue weighted by molar-refractivity contribution is -0.121. The van der Waals surface area contributed by atoms with Crippen LogP contribution in [0.4, 0.5) is 0 Å². The van der Waals surface area contributed by atoms with E-state index in [4.69, 9.17) is 4.74 Å². The van der Waals surface area contributed by atoms with Crippen LogP contribution in [-0.4, -0.2) is 37.4 Å². The highest BCUT2D eigenvalue weighted by molar-refractivity contribution is 5.84. The molecule has 1 saturated carbocycles. The van der Waals surface area contributed by atoms with Gasteiger partial charge in [-0.3, -0.25) is 14.6 Å². The quantitative estimate of drug-likeness (QED) is 0.675. The van der Waals surface area contributed by atoms with E-state index in [0.29, 0.717) is 18.2 Å². The molecule has 1 unspecified atom stereocenters. The molecule has 0 saturated heterocycles. The first-order valence-electron chi connectivity index (χ1n) is 9.85. The summed E-state index contributed by atoms with van der Waals surface area (Å²) in [5, 5.41) is 13.0. The molecule has 0 amide bonds. The second-order valence-corrected chi connectivity index (χ2v) is 8.04. The normalized spacial score (nSPS) is 15.2. The van der Waals surface area contributed by atoms with Crippen LogP contribution in [0.25, 0.3) is 11.0 Å². The lowest BCUT2D eigenvalue weighted by Gasteiger charge is -2.12. The minimum Gasteiger partial charge on any atom is -0.470 e.